The van der Waals surface area contributed by atoms with Crippen LogP contribution in [0, 0.1) is 6.92 Å². The van der Waals surface area contributed by atoms with E-state index >= 15 is 0 Å². The molecule has 0 radical (unpaired) electrons. The van der Waals surface area contributed by atoms with Gasteiger partial charge in [0.25, 0.3) is 0 Å². The van der Waals surface area contributed by atoms with Gasteiger partial charge in [-0.15, -0.1) is 11.3 Å². The van der Waals surface area contributed by atoms with Crippen LogP contribution in [0.1, 0.15) is 22.3 Å². The van der Waals surface area contributed by atoms with Crippen LogP contribution in [0.5, 0.6) is 5.75 Å². The van der Waals surface area contributed by atoms with Crippen LogP contribution in [-0.4, -0.2) is 12.1 Å². The molecular formula is C12H14N2OS. The molecule has 0 fully saturated rings. The van der Waals surface area contributed by atoms with Gasteiger partial charge in [-0.1, -0.05) is 18.2 Å². The van der Waals surface area contributed by atoms with Crippen molar-refractivity contribution in [3.05, 3.63) is 45.9 Å². The molecule has 1 aromatic heterocycles. The zero-order chi connectivity index (χ0) is 11.5. The number of aromatic nitrogens is 1. The molecule has 1 unspecified atom stereocenters. The molecule has 0 aliphatic rings. The third kappa shape index (κ3) is 2.08. The molecule has 4 heteroatoms. The molecule has 2 rings (SSSR count). The first-order valence-corrected chi connectivity index (χ1v) is 5.91. The first-order chi connectivity index (χ1) is 7.72. The van der Waals surface area contributed by atoms with Gasteiger partial charge in [0.1, 0.15) is 10.8 Å². The van der Waals surface area contributed by atoms with Gasteiger partial charge in [0.2, 0.25) is 0 Å². The normalized spacial score (nSPS) is 12.4. The van der Waals surface area contributed by atoms with Crippen molar-refractivity contribution in [1.29, 1.82) is 0 Å². The number of nitrogens with two attached hydrogens (primary N) is 1. The molecule has 0 amide bonds. The third-order valence-corrected chi connectivity index (χ3v) is 3.42. The maximum Gasteiger partial charge on any atom is 0.124 e. The van der Waals surface area contributed by atoms with Gasteiger partial charge in [-0.25, -0.2) is 4.98 Å². The van der Waals surface area contributed by atoms with Crippen molar-refractivity contribution in [3.8, 4) is 5.75 Å². The molecular weight excluding hydrogens is 220 g/mol. The summed E-state index contributed by atoms with van der Waals surface area (Å²) in [5.41, 5.74) is 8.15. The fraction of sp³-hybridized carbons (Fsp3) is 0.250. The topological polar surface area (TPSA) is 48.1 Å². The number of para-hydroxylation sites is 1. The summed E-state index contributed by atoms with van der Waals surface area (Å²) in [6.45, 7) is 1.97. The monoisotopic (exact) mass is 234 g/mol. The predicted molar refractivity (Wildman–Crippen MR) is 65.9 cm³/mol. The van der Waals surface area contributed by atoms with E-state index in [0.717, 1.165) is 22.0 Å². The highest BCUT2D eigenvalue weighted by atomic mass is 32.1. The number of hydrogen-bond donors (Lipinski definition) is 1. The molecule has 84 valence electrons. The zero-order valence-corrected chi connectivity index (χ0v) is 10.1. The smallest absolute Gasteiger partial charge is 0.124 e. The van der Waals surface area contributed by atoms with Gasteiger partial charge in [-0.3, -0.25) is 0 Å². The van der Waals surface area contributed by atoms with E-state index in [2.05, 4.69) is 4.98 Å². The van der Waals surface area contributed by atoms with E-state index in [1.54, 1.807) is 18.4 Å². The standard InChI is InChI=1S/C12H14N2OS/c1-8-7-16-12(14-8)11(13)9-5-3-4-6-10(9)15-2/h3-7,11H,13H2,1-2H3. The minimum atomic E-state index is -0.213. The molecule has 2 aromatic rings. The van der Waals surface area contributed by atoms with Crippen molar-refractivity contribution in [3.63, 3.8) is 0 Å². The average molecular weight is 234 g/mol. The first-order valence-electron chi connectivity index (χ1n) is 5.03. The summed E-state index contributed by atoms with van der Waals surface area (Å²) in [6, 6.07) is 7.56. The molecule has 1 heterocycles. The minimum absolute atomic E-state index is 0.213. The fourth-order valence-corrected chi connectivity index (χ4v) is 2.39. The van der Waals surface area contributed by atoms with Crippen molar-refractivity contribution >= 4 is 11.3 Å². The van der Waals surface area contributed by atoms with E-state index in [1.807, 2.05) is 36.6 Å². The lowest BCUT2D eigenvalue weighted by atomic mass is 10.1. The molecule has 0 saturated carbocycles. The molecule has 16 heavy (non-hydrogen) atoms. The molecule has 2 N–H and O–H groups in total. The van der Waals surface area contributed by atoms with Crippen molar-refractivity contribution in [2.45, 2.75) is 13.0 Å². The van der Waals surface area contributed by atoms with Crippen LogP contribution in [-0.2, 0) is 0 Å². The number of thiazole rings is 1. The number of rotatable bonds is 3. The van der Waals surface area contributed by atoms with Crippen LogP contribution in [0.4, 0.5) is 0 Å². The summed E-state index contributed by atoms with van der Waals surface area (Å²) >= 11 is 1.58. The number of nitrogens with zero attached hydrogens (tertiary/aromatic N) is 1. The maximum absolute atomic E-state index is 6.17. The summed E-state index contributed by atoms with van der Waals surface area (Å²) < 4.78 is 5.29. The Morgan fingerprint density at radius 2 is 2.12 bits per heavy atom. The van der Waals surface area contributed by atoms with Crippen LogP contribution in [0.25, 0.3) is 0 Å². The highest BCUT2D eigenvalue weighted by Crippen LogP contribution is 2.29. The Labute approximate surface area is 98.9 Å². The van der Waals surface area contributed by atoms with Gasteiger partial charge in [-0.2, -0.15) is 0 Å². The Bertz CT molecular complexity index is 481. The lowest BCUT2D eigenvalue weighted by Gasteiger charge is -2.13. The second kappa shape index (κ2) is 4.63. The third-order valence-electron chi connectivity index (χ3n) is 2.38. The summed E-state index contributed by atoms with van der Waals surface area (Å²) in [7, 11) is 1.65. The second-order valence-electron chi connectivity index (χ2n) is 3.55. The van der Waals surface area contributed by atoms with Gasteiger partial charge in [0, 0.05) is 16.6 Å². The molecule has 1 aromatic carbocycles. The van der Waals surface area contributed by atoms with Crippen molar-refractivity contribution in [2.24, 2.45) is 5.73 Å². The summed E-state index contributed by atoms with van der Waals surface area (Å²) in [5, 5.41) is 2.92. The van der Waals surface area contributed by atoms with Gasteiger partial charge < -0.3 is 10.5 Å². The molecule has 0 spiro atoms. The number of benzene rings is 1. The lowest BCUT2D eigenvalue weighted by Crippen LogP contribution is -2.12. The number of hydrogen-bond acceptors (Lipinski definition) is 4. The van der Waals surface area contributed by atoms with Gasteiger partial charge in [0.15, 0.2) is 0 Å². The van der Waals surface area contributed by atoms with Crippen LogP contribution < -0.4 is 10.5 Å². The number of aryl methyl sites for hydroxylation is 1. The van der Waals surface area contributed by atoms with Crippen LogP contribution in [0.15, 0.2) is 29.6 Å². The maximum atomic E-state index is 6.17. The van der Waals surface area contributed by atoms with Gasteiger partial charge in [0.05, 0.1) is 13.2 Å². The number of ether oxygens (including phenoxy) is 1. The summed E-state index contributed by atoms with van der Waals surface area (Å²) in [5.74, 6) is 0.808. The average Bonchev–Trinajstić information content (AvgIpc) is 2.75. The van der Waals surface area contributed by atoms with Crippen molar-refractivity contribution < 1.29 is 4.74 Å². The Balaban J connectivity index is 2.36. The minimum Gasteiger partial charge on any atom is -0.496 e. The Kier molecular flexibility index (Phi) is 3.22. The molecule has 0 saturated heterocycles. The molecule has 0 aliphatic carbocycles. The lowest BCUT2D eigenvalue weighted by molar-refractivity contribution is 0.408. The van der Waals surface area contributed by atoms with Gasteiger partial charge >= 0.3 is 0 Å². The Morgan fingerprint density at radius 1 is 1.38 bits per heavy atom. The van der Waals surface area contributed by atoms with E-state index in [-0.39, 0.29) is 6.04 Å². The first kappa shape index (κ1) is 11.1. The van der Waals surface area contributed by atoms with E-state index in [1.165, 1.54) is 0 Å². The van der Waals surface area contributed by atoms with E-state index in [4.69, 9.17) is 10.5 Å². The van der Waals surface area contributed by atoms with Crippen LogP contribution in [0.3, 0.4) is 0 Å². The van der Waals surface area contributed by atoms with Gasteiger partial charge in [-0.05, 0) is 13.0 Å². The Hall–Kier alpha value is -1.39. The van der Waals surface area contributed by atoms with Crippen molar-refractivity contribution in [2.75, 3.05) is 7.11 Å². The highest BCUT2D eigenvalue weighted by Gasteiger charge is 2.16. The molecule has 0 aliphatic heterocycles. The molecule has 1 atom stereocenters. The largest absolute Gasteiger partial charge is 0.496 e. The number of methoxy groups -OCH3 is 1. The van der Waals surface area contributed by atoms with Crippen LogP contribution in [0.2, 0.25) is 0 Å². The predicted octanol–water partition coefficient (Wildman–Crippen LogP) is 2.51. The molecule has 0 bridgehead atoms. The Morgan fingerprint density at radius 3 is 2.75 bits per heavy atom. The quantitative estimate of drug-likeness (QED) is 0.887. The summed E-state index contributed by atoms with van der Waals surface area (Å²) in [4.78, 5) is 4.40. The zero-order valence-electron chi connectivity index (χ0n) is 9.31. The highest BCUT2D eigenvalue weighted by molar-refractivity contribution is 7.09. The molecule has 3 nitrogen and oxygen atoms in total. The van der Waals surface area contributed by atoms with Crippen LogP contribution >= 0.6 is 11.3 Å². The van der Waals surface area contributed by atoms with E-state index in [0.29, 0.717) is 0 Å². The van der Waals surface area contributed by atoms with E-state index < -0.39 is 0 Å². The second-order valence-corrected chi connectivity index (χ2v) is 4.44. The van der Waals surface area contributed by atoms with Crippen molar-refractivity contribution in [1.82, 2.24) is 4.98 Å². The summed E-state index contributed by atoms with van der Waals surface area (Å²) in [6.07, 6.45) is 0. The SMILES string of the molecule is COc1ccccc1C(N)c1nc(C)cs1. The van der Waals surface area contributed by atoms with E-state index in [9.17, 15) is 0 Å². The fourth-order valence-electron chi connectivity index (χ4n) is 1.57.